The van der Waals surface area contributed by atoms with Crippen LogP contribution in [0.2, 0.25) is 0 Å². The summed E-state index contributed by atoms with van der Waals surface area (Å²) in [4.78, 5) is 23.6. The molecule has 0 aromatic carbocycles. The molecule has 2 fully saturated rings. The Bertz CT molecular complexity index is 797. The molecule has 1 saturated carbocycles. The Balaban J connectivity index is 1.32. The lowest BCUT2D eigenvalue weighted by molar-refractivity contribution is -0.121. The van der Waals surface area contributed by atoms with Crippen LogP contribution < -0.4 is 5.32 Å². The topological polar surface area (TPSA) is 75.9 Å². The number of likely N-dealkylation sites (N-methyl/N-ethyl adjacent to an activating group) is 1. The third-order valence-corrected chi connectivity index (χ3v) is 6.32. The molecule has 0 bridgehead atoms. The van der Waals surface area contributed by atoms with Crippen molar-refractivity contribution in [2.24, 2.45) is 5.92 Å². The number of hydrogen-bond acceptors (Lipinski definition) is 5. The van der Waals surface area contributed by atoms with Gasteiger partial charge in [0.05, 0.1) is 12.2 Å². The molecule has 28 heavy (non-hydrogen) atoms. The molecule has 152 valence electrons. The van der Waals surface area contributed by atoms with Gasteiger partial charge in [-0.25, -0.2) is 14.6 Å². The van der Waals surface area contributed by atoms with Crippen LogP contribution in [-0.2, 0) is 11.3 Å². The maximum atomic E-state index is 12.2. The number of nitrogens with zero attached hydrogens (tertiary/aromatic N) is 5. The van der Waals surface area contributed by atoms with E-state index >= 15 is 0 Å². The van der Waals surface area contributed by atoms with Crippen LogP contribution in [0, 0.1) is 5.92 Å². The predicted molar refractivity (Wildman–Crippen MR) is 109 cm³/mol. The summed E-state index contributed by atoms with van der Waals surface area (Å²) in [5.41, 5.74) is 2.78. The van der Waals surface area contributed by atoms with E-state index in [1.165, 1.54) is 32.1 Å². The SMILES string of the molecule is CN1CC[C@H](c2nn(CCNC(=O)CCC3CCCCC3)c3nccnc23)C1. The van der Waals surface area contributed by atoms with Crippen LogP contribution in [0.5, 0.6) is 0 Å². The zero-order chi connectivity index (χ0) is 19.3. The highest BCUT2D eigenvalue weighted by Gasteiger charge is 2.27. The summed E-state index contributed by atoms with van der Waals surface area (Å²) >= 11 is 0. The average Bonchev–Trinajstić information content (AvgIpc) is 3.31. The number of likely N-dealkylation sites (tertiary alicyclic amines) is 1. The van der Waals surface area contributed by atoms with Gasteiger partial charge in [0, 0.05) is 37.8 Å². The molecule has 1 saturated heterocycles. The maximum absolute atomic E-state index is 12.2. The lowest BCUT2D eigenvalue weighted by Crippen LogP contribution is -2.28. The van der Waals surface area contributed by atoms with E-state index in [1.54, 1.807) is 12.4 Å². The second-order valence-electron chi connectivity index (χ2n) is 8.48. The number of amides is 1. The van der Waals surface area contributed by atoms with Crippen molar-refractivity contribution >= 4 is 17.1 Å². The van der Waals surface area contributed by atoms with Crippen molar-refractivity contribution in [3.8, 4) is 0 Å². The summed E-state index contributed by atoms with van der Waals surface area (Å²) < 4.78 is 1.91. The summed E-state index contributed by atoms with van der Waals surface area (Å²) in [5.74, 6) is 1.32. The van der Waals surface area contributed by atoms with Crippen molar-refractivity contribution < 1.29 is 4.79 Å². The zero-order valence-electron chi connectivity index (χ0n) is 16.9. The number of rotatable bonds is 7. The van der Waals surface area contributed by atoms with Gasteiger partial charge in [0.1, 0.15) is 5.52 Å². The number of hydrogen-bond donors (Lipinski definition) is 1. The molecule has 1 N–H and O–H groups in total. The van der Waals surface area contributed by atoms with E-state index in [2.05, 4.69) is 27.2 Å². The Morgan fingerprint density at radius 3 is 2.79 bits per heavy atom. The van der Waals surface area contributed by atoms with Crippen molar-refractivity contribution in [3.05, 3.63) is 18.1 Å². The highest BCUT2D eigenvalue weighted by atomic mass is 16.1. The third-order valence-electron chi connectivity index (χ3n) is 6.32. The minimum atomic E-state index is 0.158. The van der Waals surface area contributed by atoms with E-state index in [4.69, 9.17) is 5.10 Å². The number of carbonyl (C=O) groups is 1. The van der Waals surface area contributed by atoms with Crippen molar-refractivity contribution in [2.45, 2.75) is 63.8 Å². The number of fused-ring (bicyclic) bond motifs is 1. The molecule has 3 heterocycles. The van der Waals surface area contributed by atoms with Crippen molar-refractivity contribution in [2.75, 3.05) is 26.7 Å². The second kappa shape index (κ2) is 8.99. The van der Waals surface area contributed by atoms with E-state index in [-0.39, 0.29) is 5.91 Å². The Labute approximate surface area is 166 Å². The Hall–Kier alpha value is -2.02. The van der Waals surface area contributed by atoms with E-state index in [0.717, 1.165) is 48.7 Å². The molecule has 7 nitrogen and oxygen atoms in total. The van der Waals surface area contributed by atoms with Crippen molar-refractivity contribution in [3.63, 3.8) is 0 Å². The molecule has 0 unspecified atom stereocenters. The number of carbonyl (C=O) groups excluding carboxylic acids is 1. The fraction of sp³-hybridized carbons (Fsp3) is 0.714. The maximum Gasteiger partial charge on any atom is 0.220 e. The highest BCUT2D eigenvalue weighted by molar-refractivity contribution is 5.76. The summed E-state index contributed by atoms with van der Waals surface area (Å²) in [6.45, 7) is 3.32. The monoisotopic (exact) mass is 384 g/mol. The van der Waals surface area contributed by atoms with Gasteiger partial charge in [-0.05, 0) is 32.4 Å². The lowest BCUT2D eigenvalue weighted by atomic mass is 9.86. The summed E-state index contributed by atoms with van der Waals surface area (Å²) in [6.07, 6.45) is 12.9. The molecular weight excluding hydrogens is 352 g/mol. The summed E-state index contributed by atoms with van der Waals surface area (Å²) in [7, 11) is 2.15. The van der Waals surface area contributed by atoms with Gasteiger partial charge >= 0.3 is 0 Å². The molecule has 1 amide bonds. The van der Waals surface area contributed by atoms with Crippen LogP contribution in [0.1, 0.15) is 63.0 Å². The van der Waals surface area contributed by atoms with Gasteiger partial charge in [-0.3, -0.25) is 4.79 Å². The molecule has 1 aliphatic carbocycles. The van der Waals surface area contributed by atoms with E-state index in [1.807, 2.05) is 4.68 Å². The minimum absolute atomic E-state index is 0.158. The normalized spacial score (nSPS) is 21.4. The van der Waals surface area contributed by atoms with Crippen LogP contribution in [0.3, 0.4) is 0 Å². The van der Waals surface area contributed by atoms with Gasteiger partial charge < -0.3 is 10.2 Å². The number of nitrogens with one attached hydrogen (secondary N) is 1. The first-order chi connectivity index (χ1) is 13.7. The quantitative estimate of drug-likeness (QED) is 0.794. The van der Waals surface area contributed by atoms with Crippen LogP contribution >= 0.6 is 0 Å². The molecule has 7 heteroatoms. The fourth-order valence-electron chi connectivity index (χ4n) is 4.71. The van der Waals surface area contributed by atoms with Crippen molar-refractivity contribution in [1.29, 1.82) is 0 Å². The third kappa shape index (κ3) is 4.51. The Morgan fingerprint density at radius 1 is 1.18 bits per heavy atom. The number of aromatic nitrogens is 4. The highest BCUT2D eigenvalue weighted by Crippen LogP contribution is 2.29. The van der Waals surface area contributed by atoms with Crippen LogP contribution in [-0.4, -0.2) is 57.2 Å². The standard InChI is InChI=1S/C21H32N6O/c1-26-13-9-17(15-26)19-20-21(24-11-10-23-20)27(25-19)14-12-22-18(28)8-7-16-5-3-2-4-6-16/h10-11,16-17H,2-9,12-15H2,1H3,(H,22,28)/t17-/m0/s1. The summed E-state index contributed by atoms with van der Waals surface area (Å²) in [6, 6.07) is 0. The molecule has 1 atom stereocenters. The lowest BCUT2D eigenvalue weighted by Gasteiger charge is -2.20. The van der Waals surface area contributed by atoms with Crippen LogP contribution in [0.15, 0.2) is 12.4 Å². The molecular formula is C21H32N6O. The van der Waals surface area contributed by atoms with E-state index in [9.17, 15) is 4.79 Å². The molecule has 2 aliphatic rings. The molecule has 0 radical (unpaired) electrons. The Morgan fingerprint density at radius 2 is 2.00 bits per heavy atom. The largest absolute Gasteiger partial charge is 0.354 e. The minimum Gasteiger partial charge on any atom is -0.354 e. The molecule has 2 aromatic rings. The summed E-state index contributed by atoms with van der Waals surface area (Å²) in [5, 5.41) is 7.90. The smallest absolute Gasteiger partial charge is 0.220 e. The molecule has 2 aromatic heterocycles. The van der Waals surface area contributed by atoms with Gasteiger partial charge in [0.2, 0.25) is 5.91 Å². The van der Waals surface area contributed by atoms with Gasteiger partial charge in [-0.2, -0.15) is 5.10 Å². The molecule has 1 aliphatic heterocycles. The first kappa shape index (κ1) is 19.3. The van der Waals surface area contributed by atoms with Crippen LogP contribution in [0.4, 0.5) is 0 Å². The molecule has 4 rings (SSSR count). The van der Waals surface area contributed by atoms with Gasteiger partial charge in [-0.15, -0.1) is 0 Å². The molecule has 0 spiro atoms. The fourth-order valence-corrected chi connectivity index (χ4v) is 4.71. The average molecular weight is 385 g/mol. The van der Waals surface area contributed by atoms with Crippen LogP contribution in [0.25, 0.3) is 11.2 Å². The zero-order valence-corrected chi connectivity index (χ0v) is 16.9. The van der Waals surface area contributed by atoms with Gasteiger partial charge in [0.25, 0.3) is 0 Å². The predicted octanol–water partition coefficient (Wildman–Crippen LogP) is 2.72. The van der Waals surface area contributed by atoms with Gasteiger partial charge in [0.15, 0.2) is 5.65 Å². The van der Waals surface area contributed by atoms with E-state index in [0.29, 0.717) is 25.4 Å². The van der Waals surface area contributed by atoms with E-state index < -0.39 is 0 Å². The first-order valence-electron chi connectivity index (χ1n) is 10.8. The first-order valence-corrected chi connectivity index (χ1v) is 10.8. The second-order valence-corrected chi connectivity index (χ2v) is 8.48. The van der Waals surface area contributed by atoms with Crippen molar-refractivity contribution in [1.82, 2.24) is 30.0 Å². The Kier molecular flexibility index (Phi) is 6.20. The van der Waals surface area contributed by atoms with Gasteiger partial charge in [-0.1, -0.05) is 32.1 Å².